The van der Waals surface area contributed by atoms with E-state index in [2.05, 4.69) is 0 Å². The minimum atomic E-state index is -4.51. The third-order valence-corrected chi connectivity index (χ3v) is 10.1. The Bertz CT molecular complexity index is 2590. The fourth-order valence-corrected chi connectivity index (χ4v) is 7.11. The Morgan fingerprint density at radius 1 is 0.255 bits per heavy atom. The van der Waals surface area contributed by atoms with E-state index in [1.54, 1.807) is 146 Å². The zero-order chi connectivity index (χ0) is 39.0. The van der Waals surface area contributed by atoms with Gasteiger partial charge in [-0.25, -0.2) is 25.3 Å². The van der Waals surface area contributed by atoms with Crippen LogP contribution < -0.4 is 0 Å². The maximum Gasteiger partial charge on any atom is 3.00 e. The van der Waals surface area contributed by atoms with Crippen molar-refractivity contribution in [3.8, 4) is 0 Å². The Morgan fingerprint density at radius 3 is 0.618 bits per heavy atom. The van der Waals surface area contributed by atoms with Crippen LogP contribution in [0.2, 0.25) is 0 Å². The van der Waals surface area contributed by atoms with Crippen molar-refractivity contribution in [2.45, 2.75) is 14.7 Å². The van der Waals surface area contributed by atoms with Crippen molar-refractivity contribution in [2.24, 2.45) is 0 Å². The molecule has 13 heteroatoms. The Morgan fingerprint density at radius 2 is 0.418 bits per heavy atom. The van der Waals surface area contributed by atoms with Crippen LogP contribution in [-0.2, 0) is 47.4 Å². The Labute approximate surface area is 330 Å². The van der Waals surface area contributed by atoms with Crippen molar-refractivity contribution in [3.63, 3.8) is 0 Å². The summed E-state index contributed by atoms with van der Waals surface area (Å²) >= 11 is 0. The zero-order valence-corrected chi connectivity index (χ0v) is 32.4. The summed E-state index contributed by atoms with van der Waals surface area (Å²) in [7, 11) is -13.5. The molecule has 0 saturated carbocycles. The van der Waals surface area contributed by atoms with Crippen LogP contribution in [0.25, 0.3) is 0 Å². The maximum atomic E-state index is 11.3. The van der Waals surface area contributed by atoms with Gasteiger partial charge in [-0.2, -0.15) is 0 Å². The molecular weight excluding hydrogens is 800 g/mol. The molecule has 0 amide bonds. The van der Waals surface area contributed by atoms with Crippen molar-refractivity contribution in [2.75, 3.05) is 0 Å². The van der Waals surface area contributed by atoms with Crippen molar-refractivity contribution in [1.29, 1.82) is 0 Å². The van der Waals surface area contributed by atoms with Gasteiger partial charge in [-0.1, -0.05) is 182 Å². The smallest absolute Gasteiger partial charge is 0.744 e. The summed E-state index contributed by atoms with van der Waals surface area (Å²) in [6.45, 7) is 0. The van der Waals surface area contributed by atoms with Crippen LogP contribution in [0.5, 0.6) is 0 Å². The molecule has 6 rings (SSSR count). The third-order valence-electron chi connectivity index (χ3n) is 7.39. The minimum absolute atomic E-state index is 0. The van der Waals surface area contributed by atoms with Crippen LogP contribution in [0.3, 0.4) is 0 Å². The monoisotopic (exact) mass is 833 g/mol. The van der Waals surface area contributed by atoms with Gasteiger partial charge in [-0.15, -0.1) is 0 Å². The SMILES string of the molecule is O=S(=O)([O-])c1ccccc/c2cccccc/c1=2.O=S(=O)([O-])c1ccccc/c2cccccc/c1=2.O=S(=O)([O-])c1ccccc/c2cccccc/c1=2.[Fe+3]. The molecule has 55 heavy (non-hydrogen) atoms. The number of rotatable bonds is 3. The Hall–Kier alpha value is -5.21. The number of hydrogen-bond donors (Lipinski definition) is 0. The Balaban J connectivity index is 0.000000220. The molecular formula is C42H33FeO9S3. The van der Waals surface area contributed by atoms with E-state index in [1.165, 1.54) is 36.4 Å². The van der Waals surface area contributed by atoms with E-state index in [4.69, 9.17) is 0 Å². The number of hydrogen-bond acceptors (Lipinski definition) is 9. The molecule has 6 aliphatic rings. The van der Waals surface area contributed by atoms with E-state index >= 15 is 0 Å². The van der Waals surface area contributed by atoms with Gasteiger partial charge in [0.25, 0.3) is 0 Å². The van der Waals surface area contributed by atoms with Crippen LogP contribution in [0.4, 0.5) is 0 Å². The predicted octanol–water partition coefficient (Wildman–Crippen LogP) is 7.32. The van der Waals surface area contributed by atoms with Gasteiger partial charge in [0.15, 0.2) is 0 Å². The van der Waals surface area contributed by atoms with Crippen molar-refractivity contribution >= 4 is 30.4 Å². The predicted molar refractivity (Wildman–Crippen MR) is 202 cm³/mol. The molecule has 0 bridgehead atoms. The summed E-state index contributed by atoms with van der Waals surface area (Å²) in [6.07, 6.45) is 0. The van der Waals surface area contributed by atoms with E-state index in [0.717, 1.165) is 0 Å². The molecule has 0 heterocycles. The first kappa shape index (κ1) is 44.2. The molecule has 0 spiro atoms. The largest absolute Gasteiger partial charge is 3.00 e. The summed E-state index contributed by atoms with van der Waals surface area (Å²) in [5, 5.41) is 3.28. The minimum Gasteiger partial charge on any atom is -0.744 e. The van der Waals surface area contributed by atoms with Crippen LogP contribution in [0, 0.1) is 31.3 Å². The van der Waals surface area contributed by atoms with Crippen LogP contribution in [0.1, 0.15) is 0 Å². The van der Waals surface area contributed by atoms with Crippen molar-refractivity contribution in [3.05, 3.63) is 232 Å². The molecule has 0 unspecified atom stereocenters. The van der Waals surface area contributed by atoms with Gasteiger partial charge in [0.1, 0.15) is 30.4 Å². The molecule has 0 N–H and O–H groups in total. The molecule has 0 fully saturated rings. The first-order valence-electron chi connectivity index (χ1n) is 16.1. The molecule has 0 aliphatic heterocycles. The second-order valence-electron chi connectivity index (χ2n) is 11.1. The quantitative estimate of drug-likeness (QED) is 0.131. The summed E-state index contributed by atoms with van der Waals surface area (Å²) in [5.74, 6) is 0. The molecule has 0 aromatic carbocycles. The standard InChI is InChI=1S/3C14H12O3S.Fe/c3*15-18(16,17)14-11-7-3-5-9-12-8-4-1-2-6-10-13(12)14;/h3*1-11H,(H,15,16,17);/q;;;+3/p-3/b3*2-1?,4-1?,5-3?,6-2?,7-3?,8-4?,9-5?,10-6?,11-7?,12-8?,12-9?,13-10?,13-12+,14-11?,14-13?;. The average molecular weight is 834 g/mol. The van der Waals surface area contributed by atoms with E-state index in [9.17, 15) is 38.9 Å². The Kier molecular flexibility index (Phi) is 16.9. The summed E-state index contributed by atoms with van der Waals surface area (Å²) in [4.78, 5) is -0.641. The molecule has 281 valence electrons. The molecule has 9 nitrogen and oxygen atoms in total. The van der Waals surface area contributed by atoms with Crippen LogP contribution in [-0.4, -0.2) is 38.9 Å². The van der Waals surface area contributed by atoms with Crippen molar-refractivity contribution < 1.29 is 56.0 Å². The topological polar surface area (TPSA) is 172 Å². The van der Waals surface area contributed by atoms with E-state index in [-0.39, 0.29) is 31.8 Å². The van der Waals surface area contributed by atoms with Gasteiger partial charge >= 0.3 is 17.1 Å². The van der Waals surface area contributed by atoms with Gasteiger partial charge < -0.3 is 13.7 Å². The van der Waals surface area contributed by atoms with Crippen LogP contribution in [0.15, 0.2) is 215 Å². The average Bonchev–Trinajstić information content (AvgIpc) is 3.03. The molecule has 0 aromatic heterocycles. The molecule has 6 aliphatic carbocycles. The summed E-state index contributed by atoms with van der Waals surface area (Å²) < 4.78 is 102. The molecule has 1 radical (unpaired) electrons. The normalized spacial score (nSPS) is 12.7. The first-order valence-corrected chi connectivity index (χ1v) is 20.3. The second-order valence-corrected chi connectivity index (χ2v) is 15.1. The van der Waals surface area contributed by atoms with E-state index < -0.39 is 30.4 Å². The summed E-state index contributed by atoms with van der Waals surface area (Å²) in [5.41, 5.74) is 0. The van der Waals surface area contributed by atoms with Crippen LogP contribution >= 0.6 is 0 Å². The zero-order valence-electron chi connectivity index (χ0n) is 28.8. The first-order chi connectivity index (χ1) is 25.8. The van der Waals surface area contributed by atoms with Gasteiger partial charge in [0.2, 0.25) is 0 Å². The second kappa shape index (κ2) is 21.0. The van der Waals surface area contributed by atoms with Crippen molar-refractivity contribution in [1.82, 2.24) is 0 Å². The fourth-order valence-electron chi connectivity index (χ4n) is 5.01. The third kappa shape index (κ3) is 13.9. The molecule has 0 saturated heterocycles. The van der Waals surface area contributed by atoms with Gasteiger partial charge in [0, 0.05) is 0 Å². The summed E-state index contributed by atoms with van der Waals surface area (Å²) in [6, 6.07) is 55.8. The van der Waals surface area contributed by atoms with E-state index in [0.29, 0.717) is 31.3 Å². The van der Waals surface area contributed by atoms with E-state index in [1.807, 2.05) is 18.2 Å². The fraction of sp³-hybridized carbons (Fsp3) is 0. The van der Waals surface area contributed by atoms with Gasteiger partial charge in [-0.05, 0) is 49.5 Å². The molecule has 0 atom stereocenters. The molecule has 0 aromatic rings. The van der Waals surface area contributed by atoms with Gasteiger partial charge in [-0.3, -0.25) is 0 Å². The maximum absolute atomic E-state index is 11.3. The van der Waals surface area contributed by atoms with Gasteiger partial charge in [0.05, 0.1) is 14.7 Å².